The summed E-state index contributed by atoms with van der Waals surface area (Å²) in [6.07, 6.45) is 3.00. The predicted octanol–water partition coefficient (Wildman–Crippen LogP) is 2.58. The zero-order chi connectivity index (χ0) is 17.6. The first kappa shape index (κ1) is 15.8. The summed E-state index contributed by atoms with van der Waals surface area (Å²) in [5.41, 5.74) is -0.0723. The molecule has 7 heteroatoms. The molecule has 2 aliphatic rings. The zero-order valence-corrected chi connectivity index (χ0v) is 13.8. The van der Waals surface area contributed by atoms with Crippen molar-refractivity contribution in [2.75, 3.05) is 13.1 Å². The molecular formula is C18H17FN4O2. The van der Waals surface area contributed by atoms with Crippen molar-refractivity contribution in [2.45, 2.75) is 31.6 Å². The van der Waals surface area contributed by atoms with E-state index in [2.05, 4.69) is 10.1 Å². The molecule has 0 radical (unpaired) electrons. The monoisotopic (exact) mass is 340 g/mol. The minimum absolute atomic E-state index is 0.118. The second-order valence-corrected chi connectivity index (χ2v) is 6.88. The third-order valence-corrected chi connectivity index (χ3v) is 5.45. The Kier molecular flexibility index (Phi) is 3.57. The Labute approximate surface area is 144 Å². The number of aryl methyl sites for hydroxylation is 1. The van der Waals surface area contributed by atoms with Crippen molar-refractivity contribution in [3.05, 3.63) is 46.9 Å². The molecule has 4 rings (SSSR count). The highest BCUT2D eigenvalue weighted by Gasteiger charge is 2.55. The maximum absolute atomic E-state index is 13.5. The summed E-state index contributed by atoms with van der Waals surface area (Å²) in [4.78, 5) is 19.0. The first-order chi connectivity index (χ1) is 12.0. The Morgan fingerprint density at radius 1 is 1.52 bits per heavy atom. The van der Waals surface area contributed by atoms with Crippen LogP contribution in [0.15, 0.2) is 22.7 Å². The molecule has 1 saturated heterocycles. The lowest BCUT2D eigenvalue weighted by Crippen LogP contribution is -2.35. The van der Waals surface area contributed by atoms with Gasteiger partial charge in [0.1, 0.15) is 11.9 Å². The van der Waals surface area contributed by atoms with E-state index in [1.54, 1.807) is 17.9 Å². The number of hydrogen-bond donors (Lipinski definition) is 0. The summed E-state index contributed by atoms with van der Waals surface area (Å²) in [6, 6.07) is 5.69. The number of nitriles is 1. The number of halogens is 1. The lowest BCUT2D eigenvalue weighted by atomic mass is 9.80. The van der Waals surface area contributed by atoms with Crippen LogP contribution in [0.3, 0.4) is 0 Å². The summed E-state index contributed by atoms with van der Waals surface area (Å²) in [6.45, 7) is 2.91. The van der Waals surface area contributed by atoms with E-state index in [0.717, 1.165) is 19.3 Å². The SMILES string of the molecule is Cc1noc([C@]23CCC[C@H]2CN(C(=O)c2ccc(F)c(C#N)c2)C3)n1. The molecular weight excluding hydrogens is 323 g/mol. The summed E-state index contributed by atoms with van der Waals surface area (Å²) in [7, 11) is 0. The van der Waals surface area contributed by atoms with Gasteiger partial charge in [0.25, 0.3) is 5.91 Å². The van der Waals surface area contributed by atoms with Crippen LogP contribution >= 0.6 is 0 Å². The molecule has 1 amide bonds. The van der Waals surface area contributed by atoms with E-state index < -0.39 is 5.82 Å². The summed E-state index contributed by atoms with van der Waals surface area (Å²) in [5, 5.41) is 12.9. The molecule has 0 spiro atoms. The van der Waals surface area contributed by atoms with E-state index in [1.165, 1.54) is 18.2 Å². The fourth-order valence-electron chi connectivity index (χ4n) is 4.22. The summed E-state index contributed by atoms with van der Waals surface area (Å²) < 4.78 is 19.0. The van der Waals surface area contributed by atoms with Crippen LogP contribution in [0, 0.1) is 30.0 Å². The number of hydrogen-bond acceptors (Lipinski definition) is 5. The lowest BCUT2D eigenvalue weighted by Gasteiger charge is -2.24. The highest BCUT2D eigenvalue weighted by Crippen LogP contribution is 2.50. The fraction of sp³-hybridized carbons (Fsp3) is 0.444. The normalized spacial score (nSPS) is 25.0. The maximum atomic E-state index is 13.5. The van der Waals surface area contributed by atoms with E-state index in [0.29, 0.717) is 30.4 Å². The minimum Gasteiger partial charge on any atom is -0.339 e. The molecule has 1 saturated carbocycles. The molecule has 1 aliphatic heterocycles. The van der Waals surface area contributed by atoms with E-state index in [1.807, 2.05) is 0 Å². The third kappa shape index (κ3) is 2.40. The number of amides is 1. The van der Waals surface area contributed by atoms with Gasteiger partial charge in [-0.3, -0.25) is 4.79 Å². The maximum Gasteiger partial charge on any atom is 0.253 e. The van der Waals surface area contributed by atoms with Crippen LogP contribution in [-0.2, 0) is 5.41 Å². The number of fused-ring (bicyclic) bond motifs is 1. The van der Waals surface area contributed by atoms with Crippen LogP contribution in [0.1, 0.15) is 46.9 Å². The van der Waals surface area contributed by atoms with Gasteiger partial charge in [0, 0.05) is 18.7 Å². The quantitative estimate of drug-likeness (QED) is 0.839. The molecule has 0 bridgehead atoms. The smallest absolute Gasteiger partial charge is 0.253 e. The van der Waals surface area contributed by atoms with Gasteiger partial charge in [-0.15, -0.1) is 0 Å². The Morgan fingerprint density at radius 3 is 3.08 bits per heavy atom. The van der Waals surface area contributed by atoms with E-state index >= 15 is 0 Å². The number of carbonyl (C=O) groups excluding carboxylic acids is 1. The summed E-state index contributed by atoms with van der Waals surface area (Å²) in [5.74, 6) is 0.681. The van der Waals surface area contributed by atoms with Gasteiger partial charge in [0.15, 0.2) is 5.82 Å². The van der Waals surface area contributed by atoms with Crippen LogP contribution in [0.2, 0.25) is 0 Å². The minimum atomic E-state index is -0.616. The third-order valence-electron chi connectivity index (χ3n) is 5.45. The van der Waals surface area contributed by atoms with Gasteiger partial charge < -0.3 is 9.42 Å². The molecule has 1 aliphatic carbocycles. The molecule has 2 atom stereocenters. The molecule has 2 aromatic rings. The summed E-state index contributed by atoms with van der Waals surface area (Å²) >= 11 is 0. The fourth-order valence-corrected chi connectivity index (χ4v) is 4.22. The van der Waals surface area contributed by atoms with Gasteiger partial charge in [-0.2, -0.15) is 10.2 Å². The van der Waals surface area contributed by atoms with Crippen molar-refractivity contribution >= 4 is 5.91 Å². The number of nitrogens with zero attached hydrogens (tertiary/aromatic N) is 4. The zero-order valence-electron chi connectivity index (χ0n) is 13.8. The van der Waals surface area contributed by atoms with Crippen molar-refractivity contribution in [3.63, 3.8) is 0 Å². The predicted molar refractivity (Wildman–Crippen MR) is 85.1 cm³/mol. The van der Waals surface area contributed by atoms with Crippen molar-refractivity contribution in [1.82, 2.24) is 15.0 Å². The standard InChI is InChI=1S/C18H17FN4O2/c1-11-21-17(25-22-11)18-6-2-3-14(18)9-23(10-18)16(24)12-4-5-15(19)13(7-12)8-20/h4-5,7,14H,2-3,6,9-10H2,1H3/t14-,18-/m0/s1. The van der Waals surface area contributed by atoms with Gasteiger partial charge in [-0.05, 0) is 43.9 Å². The first-order valence-electron chi connectivity index (χ1n) is 8.33. The van der Waals surface area contributed by atoms with Gasteiger partial charge in [0.2, 0.25) is 5.89 Å². The lowest BCUT2D eigenvalue weighted by molar-refractivity contribution is 0.0775. The van der Waals surface area contributed by atoms with Gasteiger partial charge >= 0.3 is 0 Å². The Morgan fingerprint density at radius 2 is 2.36 bits per heavy atom. The van der Waals surface area contributed by atoms with Crippen molar-refractivity contribution in [3.8, 4) is 6.07 Å². The Balaban J connectivity index is 1.63. The molecule has 128 valence electrons. The van der Waals surface area contributed by atoms with Crippen LogP contribution < -0.4 is 0 Å². The second kappa shape index (κ2) is 5.66. The van der Waals surface area contributed by atoms with Gasteiger partial charge in [-0.25, -0.2) is 4.39 Å². The number of likely N-dealkylation sites (tertiary alicyclic amines) is 1. The van der Waals surface area contributed by atoms with Gasteiger partial charge in [-0.1, -0.05) is 11.6 Å². The topological polar surface area (TPSA) is 83.0 Å². The van der Waals surface area contributed by atoms with E-state index in [4.69, 9.17) is 9.78 Å². The largest absolute Gasteiger partial charge is 0.339 e. The first-order valence-corrected chi connectivity index (χ1v) is 8.33. The van der Waals surface area contributed by atoms with Crippen molar-refractivity contribution < 1.29 is 13.7 Å². The molecule has 2 fully saturated rings. The highest BCUT2D eigenvalue weighted by atomic mass is 19.1. The van der Waals surface area contributed by atoms with Crippen molar-refractivity contribution in [1.29, 1.82) is 5.26 Å². The van der Waals surface area contributed by atoms with Crippen LogP contribution in [0.4, 0.5) is 4.39 Å². The molecule has 0 unspecified atom stereocenters. The number of aromatic nitrogens is 2. The Bertz CT molecular complexity index is 887. The molecule has 2 heterocycles. The number of rotatable bonds is 2. The van der Waals surface area contributed by atoms with Gasteiger partial charge in [0.05, 0.1) is 11.0 Å². The molecule has 25 heavy (non-hydrogen) atoms. The van der Waals surface area contributed by atoms with Crippen LogP contribution in [-0.4, -0.2) is 34.0 Å². The number of carbonyl (C=O) groups is 1. The average Bonchev–Trinajstić information content (AvgIpc) is 3.28. The molecule has 1 aromatic heterocycles. The average molecular weight is 340 g/mol. The molecule has 1 aromatic carbocycles. The molecule has 0 N–H and O–H groups in total. The Hall–Kier alpha value is -2.75. The molecule has 6 nitrogen and oxygen atoms in total. The number of benzene rings is 1. The van der Waals surface area contributed by atoms with Crippen LogP contribution in [0.25, 0.3) is 0 Å². The van der Waals surface area contributed by atoms with Crippen molar-refractivity contribution in [2.24, 2.45) is 5.92 Å². The van der Waals surface area contributed by atoms with E-state index in [9.17, 15) is 9.18 Å². The van der Waals surface area contributed by atoms with E-state index in [-0.39, 0.29) is 22.8 Å². The van der Waals surface area contributed by atoms with Crippen LogP contribution in [0.5, 0.6) is 0 Å². The highest BCUT2D eigenvalue weighted by molar-refractivity contribution is 5.95. The second-order valence-electron chi connectivity index (χ2n) is 6.88.